The maximum absolute atomic E-state index is 12.7. The average molecular weight is 297 g/mol. The van der Waals surface area contributed by atoms with E-state index in [0.717, 1.165) is 23.5 Å². The van der Waals surface area contributed by atoms with E-state index in [-0.39, 0.29) is 0 Å². The average Bonchev–Trinajstić information content (AvgIpc) is 2.78. The molecule has 21 heavy (non-hydrogen) atoms. The summed E-state index contributed by atoms with van der Waals surface area (Å²) in [6.07, 6.45) is -3.90. The van der Waals surface area contributed by atoms with Crippen LogP contribution in [0.1, 0.15) is 35.5 Å². The maximum Gasteiger partial charge on any atom is 0.416 e. The number of rotatable bonds is 4. The number of nitrogens with zero attached hydrogens (tertiary/aromatic N) is 2. The standard InChI is InChI=1S/C15H18F3N3/c1-3-21-13(7-10(2)20-21)9-14(19)11-5-4-6-12(8-11)15(16,17)18/h4-8,14H,3,9,19H2,1-2H3. The molecule has 2 N–H and O–H groups in total. The first-order valence-electron chi connectivity index (χ1n) is 6.77. The van der Waals surface area contributed by atoms with Crippen molar-refractivity contribution < 1.29 is 13.2 Å². The van der Waals surface area contributed by atoms with E-state index in [4.69, 9.17) is 5.73 Å². The highest BCUT2D eigenvalue weighted by molar-refractivity contribution is 5.29. The summed E-state index contributed by atoms with van der Waals surface area (Å²) in [4.78, 5) is 0. The van der Waals surface area contributed by atoms with E-state index < -0.39 is 17.8 Å². The fourth-order valence-corrected chi connectivity index (χ4v) is 2.33. The molecule has 0 radical (unpaired) electrons. The van der Waals surface area contributed by atoms with Crippen LogP contribution in [0.5, 0.6) is 0 Å². The van der Waals surface area contributed by atoms with Crippen molar-refractivity contribution in [1.82, 2.24) is 9.78 Å². The number of aryl methyl sites for hydroxylation is 2. The van der Waals surface area contributed by atoms with E-state index in [9.17, 15) is 13.2 Å². The molecule has 6 heteroatoms. The minimum absolute atomic E-state index is 0.454. The Kier molecular flexibility index (Phi) is 4.37. The zero-order valence-electron chi connectivity index (χ0n) is 12.0. The summed E-state index contributed by atoms with van der Waals surface area (Å²) in [5.74, 6) is 0. The second-order valence-corrected chi connectivity index (χ2v) is 5.03. The van der Waals surface area contributed by atoms with Gasteiger partial charge in [-0.15, -0.1) is 0 Å². The largest absolute Gasteiger partial charge is 0.416 e. The molecule has 1 heterocycles. The first-order chi connectivity index (χ1) is 9.81. The van der Waals surface area contributed by atoms with Gasteiger partial charge in [-0.25, -0.2) is 0 Å². The van der Waals surface area contributed by atoms with E-state index in [1.807, 2.05) is 24.6 Å². The Morgan fingerprint density at radius 2 is 2.00 bits per heavy atom. The van der Waals surface area contributed by atoms with Crippen molar-refractivity contribution in [2.45, 2.75) is 39.0 Å². The van der Waals surface area contributed by atoms with Crippen molar-refractivity contribution in [3.63, 3.8) is 0 Å². The number of benzene rings is 1. The fourth-order valence-electron chi connectivity index (χ4n) is 2.33. The molecule has 1 aromatic heterocycles. The predicted molar refractivity (Wildman–Crippen MR) is 74.7 cm³/mol. The lowest BCUT2D eigenvalue weighted by Crippen LogP contribution is -2.17. The molecular formula is C15H18F3N3. The molecule has 0 amide bonds. The Hall–Kier alpha value is -1.82. The van der Waals surface area contributed by atoms with Crippen molar-refractivity contribution in [2.75, 3.05) is 0 Å². The van der Waals surface area contributed by atoms with Gasteiger partial charge in [0, 0.05) is 24.7 Å². The zero-order chi connectivity index (χ0) is 15.6. The lowest BCUT2D eigenvalue weighted by molar-refractivity contribution is -0.137. The van der Waals surface area contributed by atoms with Crippen molar-refractivity contribution in [1.29, 1.82) is 0 Å². The summed E-state index contributed by atoms with van der Waals surface area (Å²) in [5.41, 5.74) is 7.68. The van der Waals surface area contributed by atoms with Gasteiger partial charge in [0.25, 0.3) is 0 Å². The molecule has 0 bridgehead atoms. The normalized spacial score (nSPS) is 13.4. The molecule has 0 fully saturated rings. The summed E-state index contributed by atoms with van der Waals surface area (Å²) in [6.45, 7) is 4.55. The third kappa shape index (κ3) is 3.64. The summed E-state index contributed by atoms with van der Waals surface area (Å²) in [5, 5.41) is 4.31. The molecule has 114 valence electrons. The SMILES string of the molecule is CCn1nc(C)cc1CC(N)c1cccc(C(F)(F)F)c1. The van der Waals surface area contributed by atoms with Crippen LogP contribution >= 0.6 is 0 Å². The quantitative estimate of drug-likeness (QED) is 0.939. The van der Waals surface area contributed by atoms with Gasteiger partial charge >= 0.3 is 6.18 Å². The Balaban J connectivity index is 2.22. The van der Waals surface area contributed by atoms with Crippen molar-refractivity contribution in [3.8, 4) is 0 Å². The minimum atomic E-state index is -4.35. The monoisotopic (exact) mass is 297 g/mol. The van der Waals surface area contributed by atoms with Gasteiger partial charge in [0.15, 0.2) is 0 Å². The number of aromatic nitrogens is 2. The smallest absolute Gasteiger partial charge is 0.324 e. The number of hydrogen-bond acceptors (Lipinski definition) is 2. The van der Waals surface area contributed by atoms with Crippen molar-refractivity contribution in [2.24, 2.45) is 5.73 Å². The first kappa shape index (κ1) is 15.6. The van der Waals surface area contributed by atoms with Gasteiger partial charge < -0.3 is 5.73 Å². The van der Waals surface area contributed by atoms with Gasteiger partial charge in [0.05, 0.1) is 11.3 Å². The predicted octanol–water partition coefficient (Wildman–Crippen LogP) is 3.47. The lowest BCUT2D eigenvalue weighted by Gasteiger charge is -2.15. The molecule has 1 aromatic carbocycles. The summed E-state index contributed by atoms with van der Waals surface area (Å²) >= 11 is 0. The van der Waals surface area contributed by atoms with Crippen LogP contribution in [0.4, 0.5) is 13.2 Å². The van der Waals surface area contributed by atoms with Crippen LogP contribution in [0.2, 0.25) is 0 Å². The second kappa shape index (κ2) is 5.89. The highest BCUT2D eigenvalue weighted by atomic mass is 19.4. The number of halogens is 3. The van der Waals surface area contributed by atoms with E-state index in [1.54, 1.807) is 6.07 Å². The van der Waals surface area contributed by atoms with Gasteiger partial charge in [-0.2, -0.15) is 18.3 Å². The molecule has 1 atom stereocenters. The summed E-state index contributed by atoms with van der Waals surface area (Å²) < 4.78 is 40.0. The third-order valence-corrected chi connectivity index (χ3v) is 3.36. The maximum atomic E-state index is 12.7. The van der Waals surface area contributed by atoms with Crippen LogP contribution in [0, 0.1) is 6.92 Å². The number of hydrogen-bond donors (Lipinski definition) is 1. The van der Waals surface area contributed by atoms with Gasteiger partial charge in [0.2, 0.25) is 0 Å². The van der Waals surface area contributed by atoms with Crippen LogP contribution in [0.3, 0.4) is 0 Å². The molecule has 0 aliphatic rings. The topological polar surface area (TPSA) is 43.8 Å². The molecule has 0 aliphatic heterocycles. The molecule has 2 aromatic rings. The molecule has 0 aliphatic carbocycles. The van der Waals surface area contributed by atoms with Crippen molar-refractivity contribution in [3.05, 3.63) is 52.8 Å². The molecule has 0 saturated carbocycles. The van der Waals surface area contributed by atoms with E-state index in [2.05, 4.69) is 5.10 Å². The second-order valence-electron chi connectivity index (χ2n) is 5.03. The Morgan fingerprint density at radius 1 is 1.29 bits per heavy atom. The Labute approximate surface area is 121 Å². The summed E-state index contributed by atoms with van der Waals surface area (Å²) in [7, 11) is 0. The van der Waals surface area contributed by atoms with Gasteiger partial charge in [-0.1, -0.05) is 12.1 Å². The van der Waals surface area contributed by atoms with Gasteiger partial charge in [-0.05, 0) is 37.6 Å². The highest BCUT2D eigenvalue weighted by Gasteiger charge is 2.30. The summed E-state index contributed by atoms with van der Waals surface area (Å²) in [6, 6.07) is 6.60. The van der Waals surface area contributed by atoms with E-state index >= 15 is 0 Å². The van der Waals surface area contributed by atoms with E-state index in [1.165, 1.54) is 6.07 Å². The van der Waals surface area contributed by atoms with Crippen LogP contribution in [0.25, 0.3) is 0 Å². The minimum Gasteiger partial charge on any atom is -0.324 e. The molecule has 0 saturated heterocycles. The van der Waals surface area contributed by atoms with E-state index in [0.29, 0.717) is 18.5 Å². The molecule has 2 rings (SSSR count). The van der Waals surface area contributed by atoms with Crippen LogP contribution in [-0.2, 0) is 19.1 Å². The lowest BCUT2D eigenvalue weighted by atomic mass is 10.0. The number of nitrogens with two attached hydrogens (primary N) is 1. The van der Waals surface area contributed by atoms with Gasteiger partial charge in [-0.3, -0.25) is 4.68 Å². The zero-order valence-corrected chi connectivity index (χ0v) is 12.0. The molecule has 0 spiro atoms. The first-order valence-corrected chi connectivity index (χ1v) is 6.77. The Morgan fingerprint density at radius 3 is 2.62 bits per heavy atom. The van der Waals surface area contributed by atoms with Crippen LogP contribution in [0.15, 0.2) is 30.3 Å². The fraction of sp³-hybridized carbons (Fsp3) is 0.400. The number of alkyl halides is 3. The molecule has 1 unspecified atom stereocenters. The third-order valence-electron chi connectivity index (χ3n) is 3.36. The highest BCUT2D eigenvalue weighted by Crippen LogP contribution is 2.31. The molecular weight excluding hydrogens is 279 g/mol. The van der Waals surface area contributed by atoms with Gasteiger partial charge in [0.1, 0.15) is 0 Å². The van der Waals surface area contributed by atoms with Crippen molar-refractivity contribution >= 4 is 0 Å². The Bertz CT molecular complexity index is 617. The molecule has 3 nitrogen and oxygen atoms in total. The van der Waals surface area contributed by atoms with Crippen LogP contribution in [-0.4, -0.2) is 9.78 Å². The van der Waals surface area contributed by atoms with Crippen LogP contribution < -0.4 is 5.73 Å².